The quantitative estimate of drug-likeness (QED) is 0.614. The third-order valence-electron chi connectivity index (χ3n) is 3.63. The first-order valence-corrected chi connectivity index (χ1v) is 7.63. The number of hydrogen-bond donors (Lipinski definition) is 0. The Kier molecular flexibility index (Phi) is 5.06. The van der Waals surface area contributed by atoms with Gasteiger partial charge in [0.15, 0.2) is 23.9 Å². The van der Waals surface area contributed by atoms with Gasteiger partial charge in [0, 0.05) is 5.56 Å². The molecule has 0 radical (unpaired) electrons. The molecule has 0 spiro atoms. The number of methoxy groups -OCH3 is 1. The topological polar surface area (TPSA) is 79.1 Å². The van der Waals surface area contributed by atoms with Gasteiger partial charge in [0.2, 0.25) is 0 Å². The van der Waals surface area contributed by atoms with Crippen LogP contribution in [0.2, 0.25) is 0 Å². The van der Waals surface area contributed by atoms with Crippen LogP contribution in [-0.4, -0.2) is 33.6 Å². The van der Waals surface area contributed by atoms with E-state index >= 15 is 0 Å². The van der Waals surface area contributed by atoms with Crippen molar-refractivity contribution in [3.8, 4) is 17.2 Å². The van der Waals surface area contributed by atoms with E-state index in [1.807, 2.05) is 0 Å². The number of alkyl halides is 3. The zero-order valence-corrected chi connectivity index (χ0v) is 14.0. The van der Waals surface area contributed by atoms with E-state index in [1.54, 1.807) is 12.1 Å². The van der Waals surface area contributed by atoms with E-state index in [0.717, 1.165) is 16.8 Å². The molecule has 3 rings (SSSR count). The van der Waals surface area contributed by atoms with Gasteiger partial charge in [0.05, 0.1) is 18.4 Å². The Morgan fingerprint density at radius 3 is 2.67 bits per heavy atom. The van der Waals surface area contributed by atoms with Crippen LogP contribution >= 0.6 is 0 Å². The number of carbonyl (C=O) groups is 1. The van der Waals surface area contributed by atoms with E-state index in [2.05, 4.69) is 15.5 Å². The van der Waals surface area contributed by atoms with E-state index in [0.29, 0.717) is 23.3 Å². The van der Waals surface area contributed by atoms with Crippen molar-refractivity contribution < 1.29 is 27.4 Å². The first kappa shape index (κ1) is 18.4. The zero-order chi connectivity index (χ0) is 19.4. The highest BCUT2D eigenvalue weighted by Crippen LogP contribution is 2.31. The molecule has 140 valence electrons. The van der Waals surface area contributed by atoms with E-state index in [4.69, 9.17) is 9.47 Å². The lowest BCUT2D eigenvalue weighted by atomic mass is 10.2. The van der Waals surface area contributed by atoms with Gasteiger partial charge in [-0.3, -0.25) is 4.79 Å². The van der Waals surface area contributed by atoms with Crippen molar-refractivity contribution in [3.63, 3.8) is 0 Å². The van der Waals surface area contributed by atoms with E-state index in [9.17, 15) is 18.0 Å². The molecule has 27 heavy (non-hydrogen) atoms. The standard InChI is InChI=1S/C17H13F3N4O3/c1-26-15-7-11(9-25)5-6-14(15)27-10-16-21-22-23-24(16)13-4-2-3-12(8-13)17(18,19)20/h2-9H,10H2,1H3. The lowest BCUT2D eigenvalue weighted by Gasteiger charge is -2.12. The van der Waals surface area contributed by atoms with Crippen LogP contribution in [0.3, 0.4) is 0 Å². The number of benzene rings is 2. The van der Waals surface area contributed by atoms with Crippen molar-refractivity contribution in [1.82, 2.24) is 20.2 Å². The Labute approximate surface area is 151 Å². The molecule has 0 aliphatic carbocycles. The molecule has 0 aliphatic heterocycles. The summed E-state index contributed by atoms with van der Waals surface area (Å²) in [6.07, 6.45) is -3.81. The minimum atomic E-state index is -4.48. The molecule has 0 saturated carbocycles. The maximum atomic E-state index is 12.9. The second kappa shape index (κ2) is 7.44. The fraction of sp³-hybridized carbons (Fsp3) is 0.176. The molecule has 3 aromatic rings. The Morgan fingerprint density at radius 2 is 1.96 bits per heavy atom. The van der Waals surface area contributed by atoms with E-state index < -0.39 is 11.7 Å². The van der Waals surface area contributed by atoms with Gasteiger partial charge in [-0.15, -0.1) is 5.10 Å². The highest BCUT2D eigenvalue weighted by atomic mass is 19.4. The summed E-state index contributed by atoms with van der Waals surface area (Å²) >= 11 is 0. The first-order chi connectivity index (χ1) is 12.9. The van der Waals surface area contributed by atoms with E-state index in [1.165, 1.54) is 25.3 Å². The highest BCUT2D eigenvalue weighted by Gasteiger charge is 2.30. The number of tetrazole rings is 1. The summed E-state index contributed by atoms with van der Waals surface area (Å²) in [5.41, 5.74) is -0.252. The average Bonchev–Trinajstić information content (AvgIpc) is 3.14. The Hall–Kier alpha value is -3.43. The zero-order valence-electron chi connectivity index (χ0n) is 14.0. The number of aldehydes is 1. The number of rotatable bonds is 6. The molecule has 0 fully saturated rings. The number of aromatic nitrogens is 4. The highest BCUT2D eigenvalue weighted by molar-refractivity contribution is 5.76. The molecule has 0 unspecified atom stereocenters. The monoisotopic (exact) mass is 378 g/mol. The maximum Gasteiger partial charge on any atom is 0.416 e. The predicted molar refractivity (Wildman–Crippen MR) is 86.9 cm³/mol. The van der Waals surface area contributed by atoms with Crippen molar-refractivity contribution in [2.24, 2.45) is 0 Å². The van der Waals surface area contributed by atoms with Crippen LogP contribution in [0.5, 0.6) is 11.5 Å². The molecule has 1 aromatic heterocycles. The second-order valence-electron chi connectivity index (χ2n) is 5.37. The van der Waals surface area contributed by atoms with Gasteiger partial charge in [0.1, 0.15) is 6.29 Å². The minimum absolute atomic E-state index is 0.125. The fourth-order valence-electron chi connectivity index (χ4n) is 2.33. The summed E-state index contributed by atoms with van der Waals surface area (Å²) in [7, 11) is 1.42. The maximum absolute atomic E-state index is 12.9. The van der Waals surface area contributed by atoms with Crippen molar-refractivity contribution in [1.29, 1.82) is 0 Å². The largest absolute Gasteiger partial charge is 0.493 e. The second-order valence-corrected chi connectivity index (χ2v) is 5.37. The number of halogens is 3. The molecular formula is C17H13F3N4O3. The molecule has 0 aliphatic rings. The van der Waals surface area contributed by atoms with Crippen molar-refractivity contribution in [2.45, 2.75) is 12.8 Å². The van der Waals surface area contributed by atoms with Gasteiger partial charge in [-0.05, 0) is 46.8 Å². The fourth-order valence-corrected chi connectivity index (χ4v) is 2.33. The van der Waals surface area contributed by atoms with Crippen LogP contribution in [0.15, 0.2) is 42.5 Å². The number of ether oxygens (including phenoxy) is 2. The Bertz CT molecular complexity index is 957. The first-order valence-electron chi connectivity index (χ1n) is 7.63. The Morgan fingerprint density at radius 1 is 1.15 bits per heavy atom. The van der Waals surface area contributed by atoms with Gasteiger partial charge in [0.25, 0.3) is 0 Å². The third kappa shape index (κ3) is 4.05. The molecule has 0 saturated heterocycles. The summed E-state index contributed by atoms with van der Waals surface area (Å²) in [5, 5.41) is 11.0. The van der Waals surface area contributed by atoms with Crippen LogP contribution in [0.4, 0.5) is 13.2 Å². The molecule has 10 heteroatoms. The van der Waals surface area contributed by atoms with Crippen LogP contribution in [0.25, 0.3) is 5.69 Å². The third-order valence-corrected chi connectivity index (χ3v) is 3.63. The lowest BCUT2D eigenvalue weighted by molar-refractivity contribution is -0.137. The molecular weight excluding hydrogens is 365 g/mol. The minimum Gasteiger partial charge on any atom is -0.493 e. The van der Waals surface area contributed by atoms with Crippen molar-refractivity contribution in [3.05, 3.63) is 59.4 Å². The molecule has 1 heterocycles. The molecule has 7 nitrogen and oxygen atoms in total. The van der Waals surface area contributed by atoms with Crippen LogP contribution < -0.4 is 9.47 Å². The van der Waals surface area contributed by atoms with Crippen molar-refractivity contribution in [2.75, 3.05) is 7.11 Å². The number of nitrogens with zero attached hydrogens (tertiary/aromatic N) is 4. The van der Waals surface area contributed by atoms with Gasteiger partial charge in [-0.2, -0.15) is 17.9 Å². The molecule has 2 aromatic carbocycles. The molecule has 0 atom stereocenters. The van der Waals surface area contributed by atoms with Gasteiger partial charge < -0.3 is 9.47 Å². The van der Waals surface area contributed by atoms with Gasteiger partial charge >= 0.3 is 6.18 Å². The lowest BCUT2D eigenvalue weighted by Crippen LogP contribution is -2.10. The van der Waals surface area contributed by atoms with E-state index in [-0.39, 0.29) is 18.1 Å². The summed E-state index contributed by atoms with van der Waals surface area (Å²) in [6, 6.07) is 9.21. The molecule has 0 bridgehead atoms. The number of carbonyl (C=O) groups excluding carboxylic acids is 1. The van der Waals surface area contributed by atoms with Gasteiger partial charge in [-0.1, -0.05) is 6.07 Å². The van der Waals surface area contributed by atoms with Crippen molar-refractivity contribution >= 4 is 6.29 Å². The van der Waals surface area contributed by atoms with Crippen LogP contribution in [0, 0.1) is 0 Å². The number of hydrogen-bond acceptors (Lipinski definition) is 6. The van der Waals surface area contributed by atoms with Crippen LogP contribution in [-0.2, 0) is 12.8 Å². The smallest absolute Gasteiger partial charge is 0.416 e. The molecule has 0 amide bonds. The Balaban J connectivity index is 1.84. The molecule has 0 N–H and O–H groups in total. The SMILES string of the molecule is COc1cc(C=O)ccc1OCc1nnnn1-c1cccc(C(F)(F)F)c1. The predicted octanol–water partition coefficient (Wildman–Crippen LogP) is 3.08. The summed E-state index contributed by atoms with van der Waals surface area (Å²) in [5.74, 6) is 0.857. The van der Waals surface area contributed by atoms with Gasteiger partial charge in [-0.25, -0.2) is 0 Å². The summed E-state index contributed by atoms with van der Waals surface area (Å²) in [6.45, 7) is -0.125. The summed E-state index contributed by atoms with van der Waals surface area (Å²) in [4.78, 5) is 10.8. The normalized spacial score (nSPS) is 11.3. The average molecular weight is 378 g/mol. The van der Waals surface area contributed by atoms with Crippen LogP contribution in [0.1, 0.15) is 21.7 Å². The summed E-state index contributed by atoms with van der Waals surface area (Å²) < 4.78 is 50.6.